The number of carbonyl (C=O) groups is 1. The molecule has 3 aromatic rings. The first-order valence-corrected chi connectivity index (χ1v) is 10.5. The number of rotatable bonds is 5. The van der Waals surface area contributed by atoms with Crippen LogP contribution in [0.3, 0.4) is 0 Å². The molecular formula is C18H16ClN3O2S2. The summed E-state index contributed by atoms with van der Waals surface area (Å²) in [5.74, 6) is 0.829. The quantitative estimate of drug-likeness (QED) is 0.564. The molecule has 0 bridgehead atoms. The zero-order valence-electron chi connectivity index (χ0n) is 13.8. The summed E-state index contributed by atoms with van der Waals surface area (Å²) in [5.41, 5.74) is 0.803. The summed E-state index contributed by atoms with van der Waals surface area (Å²) < 4.78 is 5.65. The van der Waals surface area contributed by atoms with Crippen LogP contribution in [0.2, 0.25) is 5.02 Å². The Kier molecular flexibility index (Phi) is 5.28. The van der Waals surface area contributed by atoms with E-state index in [2.05, 4.69) is 21.6 Å². The van der Waals surface area contributed by atoms with Crippen molar-refractivity contribution in [2.75, 3.05) is 12.3 Å². The molecule has 1 saturated heterocycles. The van der Waals surface area contributed by atoms with Gasteiger partial charge in [0.2, 0.25) is 11.8 Å². The Balaban J connectivity index is 1.38. The van der Waals surface area contributed by atoms with Crippen molar-refractivity contribution in [3.63, 3.8) is 0 Å². The van der Waals surface area contributed by atoms with Gasteiger partial charge in [-0.05, 0) is 48.6 Å². The Morgan fingerprint density at radius 3 is 2.92 bits per heavy atom. The van der Waals surface area contributed by atoms with Crippen LogP contribution in [0.1, 0.15) is 23.8 Å². The van der Waals surface area contributed by atoms with Crippen molar-refractivity contribution in [1.29, 1.82) is 0 Å². The highest BCUT2D eigenvalue weighted by molar-refractivity contribution is 7.99. The van der Waals surface area contributed by atoms with Crippen LogP contribution in [-0.4, -0.2) is 33.3 Å². The number of hydrogen-bond acceptors (Lipinski definition) is 6. The van der Waals surface area contributed by atoms with Gasteiger partial charge in [0.25, 0.3) is 5.22 Å². The first kappa shape index (κ1) is 17.6. The fourth-order valence-corrected chi connectivity index (χ4v) is 4.67. The van der Waals surface area contributed by atoms with E-state index >= 15 is 0 Å². The number of benzene rings is 1. The van der Waals surface area contributed by atoms with Crippen LogP contribution in [0.4, 0.5) is 0 Å². The molecule has 8 heteroatoms. The Bertz CT molecular complexity index is 880. The lowest BCUT2D eigenvalue weighted by Crippen LogP contribution is -2.31. The monoisotopic (exact) mass is 405 g/mol. The Labute approximate surface area is 164 Å². The first-order chi connectivity index (χ1) is 12.7. The standard InChI is InChI=1S/C18H16ClN3O2S2/c19-13-7-5-12(6-8-13)17-20-21-18(24-17)26-11-16(23)22-9-1-3-14(22)15-4-2-10-25-15/h2,4-8,10,14H,1,3,9,11H2. The third kappa shape index (κ3) is 3.79. The molecule has 1 aromatic carbocycles. The summed E-state index contributed by atoms with van der Waals surface area (Å²) in [7, 11) is 0. The van der Waals surface area contributed by atoms with Crippen LogP contribution in [-0.2, 0) is 4.79 Å². The molecule has 1 aliphatic rings. The normalized spacial score (nSPS) is 17.0. The summed E-state index contributed by atoms with van der Waals surface area (Å²) in [6, 6.07) is 11.5. The van der Waals surface area contributed by atoms with E-state index < -0.39 is 0 Å². The fourth-order valence-electron chi connectivity index (χ4n) is 3.03. The van der Waals surface area contributed by atoms with Crippen LogP contribution in [0, 0.1) is 0 Å². The predicted octanol–water partition coefficient (Wildman–Crippen LogP) is 4.91. The van der Waals surface area contributed by atoms with E-state index in [4.69, 9.17) is 16.0 Å². The van der Waals surface area contributed by atoms with Crippen LogP contribution in [0.15, 0.2) is 51.4 Å². The van der Waals surface area contributed by atoms with E-state index in [0.717, 1.165) is 24.9 Å². The van der Waals surface area contributed by atoms with Gasteiger partial charge in [-0.2, -0.15) is 0 Å². The van der Waals surface area contributed by atoms with Crippen LogP contribution < -0.4 is 0 Å². The minimum absolute atomic E-state index is 0.108. The SMILES string of the molecule is O=C(CSc1nnc(-c2ccc(Cl)cc2)o1)N1CCCC1c1cccs1. The third-order valence-corrected chi connectivity index (χ3v) is 6.29. The molecule has 0 saturated carbocycles. The van der Waals surface area contributed by atoms with E-state index in [0.29, 0.717) is 21.9 Å². The van der Waals surface area contributed by atoms with Crippen molar-refractivity contribution >= 4 is 40.6 Å². The van der Waals surface area contributed by atoms with Crippen molar-refractivity contribution in [2.24, 2.45) is 0 Å². The van der Waals surface area contributed by atoms with Gasteiger partial charge in [-0.15, -0.1) is 21.5 Å². The number of halogens is 1. The molecule has 1 fully saturated rings. The van der Waals surface area contributed by atoms with Crippen molar-refractivity contribution in [1.82, 2.24) is 15.1 Å². The maximum absolute atomic E-state index is 12.6. The Hall–Kier alpha value is -1.83. The minimum atomic E-state index is 0.108. The molecule has 0 radical (unpaired) electrons. The molecule has 1 aliphatic heterocycles. The van der Waals surface area contributed by atoms with E-state index in [9.17, 15) is 4.79 Å². The maximum atomic E-state index is 12.6. The maximum Gasteiger partial charge on any atom is 0.277 e. The molecule has 4 rings (SSSR count). The zero-order valence-corrected chi connectivity index (χ0v) is 16.2. The number of thiophene rings is 1. The second-order valence-electron chi connectivity index (χ2n) is 5.93. The number of thioether (sulfide) groups is 1. The molecule has 0 N–H and O–H groups in total. The van der Waals surface area contributed by atoms with Gasteiger partial charge >= 0.3 is 0 Å². The lowest BCUT2D eigenvalue weighted by molar-refractivity contribution is -0.129. The molecule has 2 aromatic heterocycles. The van der Waals surface area contributed by atoms with Crippen molar-refractivity contribution in [3.8, 4) is 11.5 Å². The number of nitrogens with zero attached hydrogens (tertiary/aromatic N) is 3. The van der Waals surface area contributed by atoms with Crippen molar-refractivity contribution < 1.29 is 9.21 Å². The summed E-state index contributed by atoms with van der Waals surface area (Å²) in [6.45, 7) is 0.807. The van der Waals surface area contributed by atoms with Crippen LogP contribution in [0.25, 0.3) is 11.5 Å². The lowest BCUT2D eigenvalue weighted by atomic mass is 10.2. The first-order valence-electron chi connectivity index (χ1n) is 8.26. The molecule has 26 heavy (non-hydrogen) atoms. The molecule has 1 unspecified atom stereocenters. The molecule has 1 atom stereocenters. The zero-order chi connectivity index (χ0) is 17.9. The van der Waals surface area contributed by atoms with Gasteiger partial charge in [-0.1, -0.05) is 29.4 Å². The van der Waals surface area contributed by atoms with Gasteiger partial charge in [0, 0.05) is 22.0 Å². The second-order valence-corrected chi connectivity index (χ2v) is 8.27. The average Bonchev–Trinajstić information content (AvgIpc) is 3.40. The minimum Gasteiger partial charge on any atom is -0.411 e. The van der Waals surface area contributed by atoms with Gasteiger partial charge in [0.05, 0.1) is 11.8 Å². The molecule has 134 valence electrons. The summed E-state index contributed by atoms with van der Waals surface area (Å²) in [6.07, 6.45) is 2.07. The molecular weight excluding hydrogens is 390 g/mol. The summed E-state index contributed by atoms with van der Waals surface area (Å²) >= 11 is 8.87. The Morgan fingerprint density at radius 1 is 1.31 bits per heavy atom. The lowest BCUT2D eigenvalue weighted by Gasteiger charge is -2.23. The van der Waals surface area contributed by atoms with Crippen LogP contribution in [0.5, 0.6) is 0 Å². The largest absolute Gasteiger partial charge is 0.411 e. The molecule has 3 heterocycles. The number of carbonyl (C=O) groups excluding carboxylic acids is 1. The van der Waals surface area contributed by atoms with E-state index in [1.807, 2.05) is 23.1 Å². The van der Waals surface area contributed by atoms with Gasteiger partial charge in [-0.3, -0.25) is 4.79 Å². The van der Waals surface area contributed by atoms with E-state index in [1.54, 1.807) is 23.5 Å². The number of likely N-dealkylation sites (tertiary alicyclic amines) is 1. The van der Waals surface area contributed by atoms with Gasteiger partial charge < -0.3 is 9.32 Å². The molecule has 1 amide bonds. The number of hydrogen-bond donors (Lipinski definition) is 0. The number of aromatic nitrogens is 2. The van der Waals surface area contributed by atoms with Crippen molar-refractivity contribution in [2.45, 2.75) is 24.1 Å². The highest BCUT2D eigenvalue weighted by atomic mass is 35.5. The summed E-state index contributed by atoms with van der Waals surface area (Å²) in [4.78, 5) is 15.9. The van der Waals surface area contributed by atoms with Gasteiger partial charge in [-0.25, -0.2) is 0 Å². The van der Waals surface area contributed by atoms with Crippen molar-refractivity contribution in [3.05, 3.63) is 51.7 Å². The third-order valence-electron chi connectivity index (χ3n) is 4.26. The molecule has 5 nitrogen and oxygen atoms in total. The smallest absolute Gasteiger partial charge is 0.277 e. The highest BCUT2D eigenvalue weighted by Gasteiger charge is 2.30. The molecule has 0 spiro atoms. The summed E-state index contributed by atoms with van der Waals surface area (Å²) in [5, 5.41) is 11.2. The highest BCUT2D eigenvalue weighted by Crippen LogP contribution is 2.35. The topological polar surface area (TPSA) is 59.2 Å². The fraction of sp³-hybridized carbons (Fsp3) is 0.278. The van der Waals surface area contributed by atoms with E-state index in [1.165, 1.54) is 16.6 Å². The van der Waals surface area contributed by atoms with Gasteiger partial charge in [0.15, 0.2) is 0 Å². The van der Waals surface area contributed by atoms with Crippen LogP contribution >= 0.6 is 34.7 Å². The number of amides is 1. The second kappa shape index (κ2) is 7.82. The van der Waals surface area contributed by atoms with Gasteiger partial charge in [0.1, 0.15) is 0 Å². The molecule has 0 aliphatic carbocycles. The predicted molar refractivity (Wildman–Crippen MR) is 103 cm³/mol. The van der Waals surface area contributed by atoms with E-state index in [-0.39, 0.29) is 11.9 Å². The Morgan fingerprint density at radius 2 is 2.15 bits per heavy atom. The average molecular weight is 406 g/mol.